The minimum Gasteiger partial charge on any atom is -0.454 e. The topological polar surface area (TPSA) is 89.0 Å². The summed E-state index contributed by atoms with van der Waals surface area (Å²) in [6, 6.07) is 21.1. The molecular weight excluding hydrogens is 430 g/mol. The van der Waals surface area contributed by atoms with Gasteiger partial charge in [0.25, 0.3) is 11.8 Å². The Morgan fingerprint density at radius 2 is 1.59 bits per heavy atom. The van der Waals surface area contributed by atoms with Crippen molar-refractivity contribution in [2.45, 2.75) is 0 Å². The van der Waals surface area contributed by atoms with Crippen LogP contribution in [0, 0.1) is 0 Å². The van der Waals surface area contributed by atoms with E-state index >= 15 is 0 Å². The number of rotatable bonds is 6. The molecule has 1 aliphatic rings. The van der Waals surface area contributed by atoms with Crippen molar-refractivity contribution in [3.63, 3.8) is 0 Å². The zero-order valence-corrected chi connectivity index (χ0v) is 17.5. The monoisotopic (exact) mass is 447 g/mol. The predicted octanol–water partition coefficient (Wildman–Crippen LogP) is 3.99. The van der Waals surface area contributed by atoms with Gasteiger partial charge in [0.05, 0.1) is 11.2 Å². The highest BCUT2D eigenvalue weighted by Crippen LogP contribution is 2.36. The van der Waals surface area contributed by atoms with Crippen LogP contribution in [-0.4, -0.2) is 24.8 Å². The number of carbonyl (C=O) groups excluding carboxylic acids is 2. The first-order chi connectivity index (χ1) is 15.6. The number of ether oxygens (including phenoxy) is 2. The molecule has 0 radical (unpaired) electrons. The Hall–Kier alpha value is -4.10. The second kappa shape index (κ2) is 9.80. The standard InChI is InChI=1S/C24H18ClN3O4/c25-19-13-22-21(31-15-32-22)12-18(19)14-26-28-24(30)20(11-16-7-3-1-4-8-16)27-23(29)17-9-5-2-6-10-17/h1-14H,15H2,(H,27,29)(H,28,30)/b20-11-,26-14-. The fourth-order valence-corrected chi connectivity index (χ4v) is 3.11. The Balaban J connectivity index is 1.52. The number of carbonyl (C=O) groups is 2. The van der Waals surface area contributed by atoms with E-state index in [2.05, 4.69) is 15.8 Å². The highest BCUT2D eigenvalue weighted by molar-refractivity contribution is 6.33. The average molecular weight is 448 g/mol. The Kier molecular flexibility index (Phi) is 6.48. The summed E-state index contributed by atoms with van der Waals surface area (Å²) in [4.78, 5) is 25.4. The maximum absolute atomic E-state index is 12.8. The van der Waals surface area contributed by atoms with E-state index in [-0.39, 0.29) is 12.5 Å². The summed E-state index contributed by atoms with van der Waals surface area (Å²) in [5, 5.41) is 7.02. The second-order valence-electron chi connectivity index (χ2n) is 6.71. The molecule has 4 rings (SSSR count). The molecule has 2 amide bonds. The van der Waals surface area contributed by atoms with Gasteiger partial charge < -0.3 is 14.8 Å². The molecule has 7 nitrogen and oxygen atoms in total. The third-order valence-corrected chi connectivity index (χ3v) is 4.83. The number of halogens is 1. The molecule has 1 heterocycles. The summed E-state index contributed by atoms with van der Waals surface area (Å²) in [5.41, 5.74) is 4.17. The van der Waals surface area contributed by atoms with Gasteiger partial charge in [0.2, 0.25) is 6.79 Å². The van der Waals surface area contributed by atoms with Gasteiger partial charge in [0.1, 0.15) is 5.70 Å². The Bertz CT molecular complexity index is 1190. The lowest BCUT2D eigenvalue weighted by atomic mass is 10.1. The van der Waals surface area contributed by atoms with Gasteiger partial charge in [0.15, 0.2) is 11.5 Å². The van der Waals surface area contributed by atoms with Crippen LogP contribution in [0.3, 0.4) is 0 Å². The molecule has 0 aromatic heterocycles. The van der Waals surface area contributed by atoms with Crippen molar-refractivity contribution in [3.8, 4) is 11.5 Å². The van der Waals surface area contributed by atoms with Crippen LogP contribution in [0.5, 0.6) is 11.5 Å². The molecule has 0 aliphatic carbocycles. The molecule has 0 fully saturated rings. The number of hydrogen-bond donors (Lipinski definition) is 2. The van der Waals surface area contributed by atoms with Gasteiger partial charge in [-0.3, -0.25) is 9.59 Å². The smallest absolute Gasteiger partial charge is 0.287 e. The molecule has 0 saturated heterocycles. The largest absolute Gasteiger partial charge is 0.454 e. The Labute approximate surface area is 189 Å². The van der Waals surface area contributed by atoms with Gasteiger partial charge in [0, 0.05) is 17.2 Å². The first kappa shape index (κ1) is 21.1. The minimum atomic E-state index is -0.591. The molecule has 32 heavy (non-hydrogen) atoms. The molecule has 3 aromatic carbocycles. The molecule has 3 aromatic rings. The maximum atomic E-state index is 12.8. The molecule has 8 heteroatoms. The molecule has 2 N–H and O–H groups in total. The van der Waals surface area contributed by atoms with Crippen molar-refractivity contribution in [3.05, 3.63) is 100 Å². The van der Waals surface area contributed by atoms with E-state index in [1.807, 2.05) is 30.3 Å². The molecule has 0 spiro atoms. The lowest BCUT2D eigenvalue weighted by molar-refractivity contribution is -0.117. The number of fused-ring (bicyclic) bond motifs is 1. The van der Waals surface area contributed by atoms with Crippen LogP contribution in [0.1, 0.15) is 21.5 Å². The summed E-state index contributed by atoms with van der Waals surface area (Å²) >= 11 is 6.22. The second-order valence-corrected chi connectivity index (χ2v) is 7.12. The van der Waals surface area contributed by atoms with E-state index in [4.69, 9.17) is 21.1 Å². The first-order valence-electron chi connectivity index (χ1n) is 9.66. The number of nitrogens with one attached hydrogen (secondary N) is 2. The summed E-state index contributed by atoms with van der Waals surface area (Å²) in [6.45, 7) is 0.123. The van der Waals surface area contributed by atoms with Gasteiger partial charge in [-0.25, -0.2) is 5.43 Å². The number of nitrogens with zero attached hydrogens (tertiary/aromatic N) is 1. The van der Waals surface area contributed by atoms with Gasteiger partial charge in [-0.2, -0.15) is 5.10 Å². The van der Waals surface area contributed by atoms with E-state index in [0.717, 1.165) is 5.56 Å². The Morgan fingerprint density at radius 1 is 0.938 bits per heavy atom. The third-order valence-electron chi connectivity index (χ3n) is 4.50. The summed E-state index contributed by atoms with van der Waals surface area (Å²) < 4.78 is 10.6. The summed E-state index contributed by atoms with van der Waals surface area (Å²) in [5.74, 6) is 0.0897. The van der Waals surface area contributed by atoms with Crippen molar-refractivity contribution in [1.29, 1.82) is 0 Å². The highest BCUT2D eigenvalue weighted by atomic mass is 35.5. The molecule has 0 atom stereocenters. The van der Waals surface area contributed by atoms with Crippen LogP contribution in [0.4, 0.5) is 0 Å². The van der Waals surface area contributed by atoms with Crippen LogP contribution in [0.15, 0.2) is 83.6 Å². The van der Waals surface area contributed by atoms with Crippen LogP contribution >= 0.6 is 11.6 Å². The summed E-state index contributed by atoms with van der Waals surface area (Å²) in [6.07, 6.45) is 2.96. The normalized spacial score (nSPS) is 12.6. The van der Waals surface area contributed by atoms with Gasteiger partial charge in [-0.15, -0.1) is 0 Å². The van der Waals surface area contributed by atoms with Gasteiger partial charge in [-0.05, 0) is 29.8 Å². The average Bonchev–Trinajstić information content (AvgIpc) is 3.27. The van der Waals surface area contributed by atoms with Gasteiger partial charge >= 0.3 is 0 Å². The Morgan fingerprint density at radius 3 is 2.31 bits per heavy atom. The van der Waals surface area contributed by atoms with Crippen LogP contribution in [0.25, 0.3) is 6.08 Å². The number of amides is 2. The van der Waals surface area contributed by atoms with E-state index < -0.39 is 11.8 Å². The lowest BCUT2D eigenvalue weighted by Gasteiger charge is -2.09. The molecule has 0 unspecified atom stereocenters. The van der Waals surface area contributed by atoms with Gasteiger partial charge in [-0.1, -0.05) is 60.1 Å². The van der Waals surface area contributed by atoms with E-state index in [1.54, 1.807) is 48.5 Å². The predicted molar refractivity (Wildman–Crippen MR) is 122 cm³/mol. The lowest BCUT2D eigenvalue weighted by Crippen LogP contribution is -2.32. The number of benzene rings is 3. The highest BCUT2D eigenvalue weighted by Gasteiger charge is 2.17. The molecular formula is C24H18ClN3O4. The van der Waals surface area contributed by atoms with Crippen molar-refractivity contribution >= 4 is 35.7 Å². The SMILES string of the molecule is O=C(N/N=C\c1cc2c(cc1Cl)OCO2)/C(=C/c1ccccc1)NC(=O)c1ccccc1. The third kappa shape index (κ3) is 5.14. The maximum Gasteiger partial charge on any atom is 0.287 e. The van der Waals surface area contributed by atoms with E-state index in [9.17, 15) is 9.59 Å². The summed E-state index contributed by atoms with van der Waals surface area (Å²) in [7, 11) is 0. The van der Waals surface area contributed by atoms with Crippen molar-refractivity contribution in [2.75, 3.05) is 6.79 Å². The number of hydrazone groups is 1. The molecule has 1 aliphatic heterocycles. The number of hydrogen-bond acceptors (Lipinski definition) is 5. The van der Waals surface area contributed by atoms with Crippen LogP contribution < -0.4 is 20.2 Å². The molecule has 160 valence electrons. The van der Waals surface area contributed by atoms with E-state index in [1.165, 1.54) is 6.21 Å². The van der Waals surface area contributed by atoms with Crippen molar-refractivity contribution in [1.82, 2.24) is 10.7 Å². The zero-order valence-electron chi connectivity index (χ0n) is 16.7. The molecule has 0 saturated carbocycles. The fourth-order valence-electron chi connectivity index (χ4n) is 2.91. The minimum absolute atomic E-state index is 0.0407. The first-order valence-corrected chi connectivity index (χ1v) is 10.0. The van der Waals surface area contributed by atoms with Crippen LogP contribution in [-0.2, 0) is 4.79 Å². The van der Waals surface area contributed by atoms with E-state index in [0.29, 0.717) is 27.6 Å². The van der Waals surface area contributed by atoms with Crippen molar-refractivity contribution < 1.29 is 19.1 Å². The quantitative estimate of drug-likeness (QED) is 0.339. The fraction of sp³-hybridized carbons (Fsp3) is 0.0417. The van der Waals surface area contributed by atoms with Crippen molar-refractivity contribution in [2.24, 2.45) is 5.10 Å². The van der Waals surface area contributed by atoms with Crippen LogP contribution in [0.2, 0.25) is 5.02 Å². The zero-order chi connectivity index (χ0) is 22.3. The molecule has 0 bridgehead atoms.